The van der Waals surface area contributed by atoms with Crippen LogP contribution in [-0.2, 0) is 4.74 Å². The molecule has 0 radical (unpaired) electrons. The van der Waals surface area contributed by atoms with Gasteiger partial charge in [-0.15, -0.1) is 0 Å². The Balaban J connectivity index is 2.08. The van der Waals surface area contributed by atoms with Gasteiger partial charge in [-0.25, -0.2) is 0 Å². The zero-order chi connectivity index (χ0) is 11.1. The van der Waals surface area contributed by atoms with E-state index < -0.39 is 0 Å². The van der Waals surface area contributed by atoms with E-state index in [1.165, 1.54) is 32.1 Å². The van der Waals surface area contributed by atoms with Gasteiger partial charge in [-0.2, -0.15) is 0 Å². The predicted molar refractivity (Wildman–Crippen MR) is 65.1 cm³/mol. The van der Waals surface area contributed by atoms with Crippen molar-refractivity contribution in [3.63, 3.8) is 0 Å². The van der Waals surface area contributed by atoms with Crippen molar-refractivity contribution in [3.05, 3.63) is 0 Å². The van der Waals surface area contributed by atoms with Gasteiger partial charge in [0, 0.05) is 26.3 Å². The Morgan fingerprint density at radius 1 is 1.27 bits per heavy atom. The highest BCUT2D eigenvalue weighted by Gasteiger charge is 2.19. The Kier molecular flexibility index (Phi) is 6.26. The molecule has 0 saturated heterocycles. The number of methoxy groups -OCH3 is 1. The average Bonchev–Trinajstić information content (AvgIpc) is 2.27. The van der Waals surface area contributed by atoms with E-state index >= 15 is 0 Å². The van der Waals surface area contributed by atoms with Gasteiger partial charge in [0.25, 0.3) is 0 Å². The zero-order valence-electron chi connectivity index (χ0n) is 10.6. The second-order valence-corrected chi connectivity index (χ2v) is 5.09. The van der Waals surface area contributed by atoms with Crippen LogP contribution in [0, 0.1) is 11.8 Å². The molecule has 2 heteroatoms. The third kappa shape index (κ3) is 4.98. The van der Waals surface area contributed by atoms with Crippen LogP contribution < -0.4 is 5.32 Å². The summed E-state index contributed by atoms with van der Waals surface area (Å²) in [5, 5.41) is 3.67. The van der Waals surface area contributed by atoms with Gasteiger partial charge in [0.15, 0.2) is 0 Å². The van der Waals surface area contributed by atoms with Gasteiger partial charge in [0.05, 0.1) is 0 Å². The van der Waals surface area contributed by atoms with E-state index in [-0.39, 0.29) is 0 Å². The predicted octanol–water partition coefficient (Wildman–Crippen LogP) is 2.83. The minimum atomic E-state index is 0.638. The van der Waals surface area contributed by atoms with E-state index in [0.29, 0.717) is 5.92 Å². The lowest BCUT2D eigenvalue weighted by Crippen LogP contribution is -2.36. The molecular formula is C13H27NO. The summed E-state index contributed by atoms with van der Waals surface area (Å²) in [6.45, 7) is 6.54. The highest BCUT2D eigenvalue weighted by Crippen LogP contribution is 2.26. The van der Waals surface area contributed by atoms with Crippen LogP contribution in [0.25, 0.3) is 0 Å². The summed E-state index contributed by atoms with van der Waals surface area (Å²) in [7, 11) is 1.78. The summed E-state index contributed by atoms with van der Waals surface area (Å²) >= 11 is 0. The van der Waals surface area contributed by atoms with Crippen molar-refractivity contribution < 1.29 is 4.74 Å². The van der Waals surface area contributed by atoms with Gasteiger partial charge in [-0.05, 0) is 37.5 Å². The molecule has 1 unspecified atom stereocenters. The molecule has 0 aromatic carbocycles. The lowest BCUT2D eigenvalue weighted by atomic mass is 9.84. The first kappa shape index (κ1) is 13.0. The van der Waals surface area contributed by atoms with Crippen LogP contribution in [-0.4, -0.2) is 26.3 Å². The Labute approximate surface area is 94.8 Å². The molecule has 0 aliphatic heterocycles. The number of ether oxygens (including phenoxy) is 1. The molecule has 15 heavy (non-hydrogen) atoms. The largest absolute Gasteiger partial charge is 0.384 e. The van der Waals surface area contributed by atoms with Crippen LogP contribution in [0.2, 0.25) is 0 Å². The quantitative estimate of drug-likeness (QED) is 0.732. The molecule has 1 rings (SSSR count). The maximum absolute atomic E-state index is 5.14. The Bertz CT molecular complexity index is 153. The first-order valence-corrected chi connectivity index (χ1v) is 6.48. The first-order chi connectivity index (χ1) is 7.26. The van der Waals surface area contributed by atoms with Gasteiger partial charge in [0.2, 0.25) is 0 Å². The molecule has 1 atom stereocenters. The molecule has 1 saturated carbocycles. The molecule has 2 nitrogen and oxygen atoms in total. The van der Waals surface area contributed by atoms with Crippen molar-refractivity contribution in [2.24, 2.45) is 11.8 Å². The Morgan fingerprint density at radius 3 is 2.47 bits per heavy atom. The van der Waals surface area contributed by atoms with Crippen molar-refractivity contribution in [3.8, 4) is 0 Å². The van der Waals surface area contributed by atoms with Crippen molar-refractivity contribution in [1.82, 2.24) is 5.32 Å². The third-order valence-corrected chi connectivity index (χ3v) is 3.63. The minimum absolute atomic E-state index is 0.638. The van der Waals surface area contributed by atoms with E-state index in [1.807, 2.05) is 0 Å². The Morgan fingerprint density at radius 2 is 1.93 bits per heavy atom. The van der Waals surface area contributed by atoms with Gasteiger partial charge in [-0.1, -0.05) is 20.3 Å². The number of hydrogen-bond donors (Lipinski definition) is 1. The summed E-state index contributed by atoms with van der Waals surface area (Å²) in [6.07, 6.45) is 6.96. The van der Waals surface area contributed by atoms with Crippen molar-refractivity contribution in [2.75, 3.05) is 20.3 Å². The standard InChI is InChI=1S/C13H27NO/c1-4-12-5-7-13(8-6-12)14-9-11(2)10-15-3/h11-14H,4-10H2,1-3H3. The maximum Gasteiger partial charge on any atom is 0.0499 e. The highest BCUT2D eigenvalue weighted by molar-refractivity contribution is 4.77. The van der Waals surface area contributed by atoms with Crippen LogP contribution in [0.5, 0.6) is 0 Å². The van der Waals surface area contributed by atoms with Crippen LogP contribution >= 0.6 is 0 Å². The van der Waals surface area contributed by atoms with E-state index in [2.05, 4.69) is 19.2 Å². The topological polar surface area (TPSA) is 21.3 Å². The lowest BCUT2D eigenvalue weighted by Gasteiger charge is -2.29. The smallest absolute Gasteiger partial charge is 0.0499 e. The second-order valence-electron chi connectivity index (χ2n) is 5.09. The molecule has 0 amide bonds. The van der Waals surface area contributed by atoms with E-state index in [0.717, 1.165) is 25.1 Å². The molecule has 0 aromatic heterocycles. The fraction of sp³-hybridized carbons (Fsp3) is 1.00. The molecule has 1 aliphatic carbocycles. The Hall–Kier alpha value is -0.0800. The molecular weight excluding hydrogens is 186 g/mol. The van der Waals surface area contributed by atoms with Crippen molar-refractivity contribution >= 4 is 0 Å². The first-order valence-electron chi connectivity index (χ1n) is 6.48. The SMILES string of the molecule is CCC1CCC(NCC(C)COC)CC1. The molecule has 0 heterocycles. The van der Waals surface area contributed by atoms with Gasteiger partial charge >= 0.3 is 0 Å². The highest BCUT2D eigenvalue weighted by atomic mass is 16.5. The zero-order valence-corrected chi connectivity index (χ0v) is 10.6. The fourth-order valence-electron chi connectivity index (χ4n) is 2.49. The van der Waals surface area contributed by atoms with Crippen LogP contribution in [0.3, 0.4) is 0 Å². The van der Waals surface area contributed by atoms with E-state index in [9.17, 15) is 0 Å². The average molecular weight is 213 g/mol. The van der Waals surface area contributed by atoms with Crippen molar-refractivity contribution in [1.29, 1.82) is 0 Å². The molecule has 0 spiro atoms. The number of hydrogen-bond acceptors (Lipinski definition) is 2. The van der Waals surface area contributed by atoms with Crippen LogP contribution in [0.1, 0.15) is 46.0 Å². The molecule has 90 valence electrons. The molecule has 1 fully saturated rings. The van der Waals surface area contributed by atoms with Gasteiger partial charge < -0.3 is 10.1 Å². The summed E-state index contributed by atoms with van der Waals surface area (Å²) in [4.78, 5) is 0. The third-order valence-electron chi connectivity index (χ3n) is 3.63. The second kappa shape index (κ2) is 7.24. The van der Waals surface area contributed by atoms with Crippen LogP contribution in [0.15, 0.2) is 0 Å². The maximum atomic E-state index is 5.14. The molecule has 1 N–H and O–H groups in total. The fourth-order valence-corrected chi connectivity index (χ4v) is 2.49. The summed E-state index contributed by atoms with van der Waals surface area (Å²) in [5.41, 5.74) is 0. The van der Waals surface area contributed by atoms with E-state index in [1.54, 1.807) is 7.11 Å². The minimum Gasteiger partial charge on any atom is -0.384 e. The molecule has 1 aliphatic rings. The van der Waals surface area contributed by atoms with E-state index in [4.69, 9.17) is 4.74 Å². The normalized spacial score (nSPS) is 29.0. The summed E-state index contributed by atoms with van der Waals surface area (Å²) < 4.78 is 5.14. The molecule has 0 bridgehead atoms. The number of rotatable bonds is 6. The monoisotopic (exact) mass is 213 g/mol. The van der Waals surface area contributed by atoms with Gasteiger partial charge in [0.1, 0.15) is 0 Å². The lowest BCUT2D eigenvalue weighted by molar-refractivity contribution is 0.154. The van der Waals surface area contributed by atoms with Crippen LogP contribution in [0.4, 0.5) is 0 Å². The summed E-state index contributed by atoms with van der Waals surface area (Å²) in [6, 6.07) is 0.770. The number of nitrogens with one attached hydrogen (secondary N) is 1. The molecule has 0 aromatic rings. The van der Waals surface area contributed by atoms with Gasteiger partial charge in [-0.3, -0.25) is 0 Å². The summed E-state index contributed by atoms with van der Waals surface area (Å²) in [5.74, 6) is 1.64. The van der Waals surface area contributed by atoms with Crippen molar-refractivity contribution in [2.45, 2.75) is 52.0 Å².